The normalized spacial score (nSPS) is 29.1. The van der Waals surface area contributed by atoms with E-state index in [0.29, 0.717) is 54.0 Å². The number of rotatable bonds is 30. The highest BCUT2D eigenvalue weighted by molar-refractivity contribution is 8.00. The Balaban J connectivity index is 0.791. The Kier molecular flexibility index (Phi) is 22.3. The SMILES string of the molecule is Nc1ccn([C@@H]2O[C@H](CO)[C@@H](OP(=O)(O)OC[C@H]3O[C@@H](n4ccc(N)nc4=O)[C@H](O)[C@@H]3OP(=O)(O)OC[C@H]3O[C@@H](n4cnc5c(N)ncnc54)[C@H](O)[C@@H]3O[13C](=O)[C@H](Cc3ccccc3)NC(=O)CCCCCNC(=O)CCCC[C@@H]3SC[C@@H]4NC(=O)N[C@@H]43)[C@H]2O)c(=O)n1. The quantitative estimate of drug-likeness (QED) is 0.00770. The number of imidazole rings is 1. The maximum atomic E-state index is 14.5. The second-order valence-electron chi connectivity index (χ2n) is 22.4. The third-order valence-corrected chi connectivity index (χ3v) is 19.5. The number of phosphoric acid groups is 2. The second-order valence-corrected chi connectivity index (χ2v) is 26.5. The fourth-order valence-electron chi connectivity index (χ4n) is 11.4. The third kappa shape index (κ3) is 16.7. The minimum Gasteiger partial charge on any atom is -0.455 e. The number of fused-ring (bicyclic) bond motifs is 2. The number of aliphatic hydroxyl groups excluding tert-OH is 4. The molecular weight excluding hydrogens is 1290 g/mol. The number of nitrogen functional groups attached to an aromatic ring is 3. The van der Waals surface area contributed by atoms with E-state index in [0.717, 1.165) is 47.9 Å². The van der Waals surface area contributed by atoms with Crippen LogP contribution < -0.4 is 49.8 Å². The molecule has 0 saturated carbocycles. The molecule has 5 aliphatic rings. The van der Waals surface area contributed by atoms with Crippen molar-refractivity contribution in [3.63, 3.8) is 0 Å². The monoisotopic (exact) mass is 1360 g/mol. The van der Waals surface area contributed by atoms with Gasteiger partial charge in [-0.1, -0.05) is 43.2 Å². The smallest absolute Gasteiger partial charge is 0.455 e. The van der Waals surface area contributed by atoms with Crippen LogP contribution in [-0.2, 0) is 67.0 Å². The molecule has 0 radical (unpaired) electrons. The van der Waals surface area contributed by atoms with Crippen LogP contribution in [0.1, 0.15) is 75.6 Å². The first kappa shape index (κ1) is 68.8. The molecule has 506 valence electrons. The minimum absolute atomic E-state index is 0.0309. The summed E-state index contributed by atoms with van der Waals surface area (Å²) in [5.41, 5.74) is 15.9. The van der Waals surface area contributed by atoms with Gasteiger partial charge in [0.05, 0.1) is 38.2 Å². The molecule has 2 unspecified atom stereocenters. The molecule has 1 aromatic carbocycles. The van der Waals surface area contributed by atoms with E-state index >= 15 is 0 Å². The van der Waals surface area contributed by atoms with Gasteiger partial charge in [0.25, 0.3) is 0 Å². The number of urea groups is 1. The van der Waals surface area contributed by atoms with Crippen LogP contribution in [0.4, 0.5) is 22.2 Å². The molecule has 9 heterocycles. The number of benzene rings is 1. The molecule has 5 aliphatic heterocycles. The van der Waals surface area contributed by atoms with Gasteiger partial charge >= 0.3 is 39.0 Å². The van der Waals surface area contributed by atoms with Gasteiger partial charge in [-0.25, -0.2) is 43.3 Å². The lowest BCUT2D eigenvalue weighted by molar-refractivity contribution is -0.160. The van der Waals surface area contributed by atoms with Crippen LogP contribution in [0.2, 0.25) is 0 Å². The summed E-state index contributed by atoms with van der Waals surface area (Å²) in [6, 6.07) is 9.59. The fraction of sp³-hybridized carbons (Fsp3) is 0.566. The van der Waals surface area contributed by atoms with Gasteiger partial charge in [0.1, 0.15) is 78.4 Å². The Hall–Kier alpha value is -7.10. The molecule has 0 spiro atoms. The number of carbonyl (C=O) groups excluding carboxylic acids is 4. The van der Waals surface area contributed by atoms with E-state index in [9.17, 15) is 68.1 Å². The molecule has 5 aromatic rings. The molecule has 18 atom stereocenters. The van der Waals surface area contributed by atoms with Gasteiger partial charge in [0.2, 0.25) is 11.8 Å². The lowest BCUT2D eigenvalue weighted by Crippen LogP contribution is -2.47. The molecule has 5 fully saturated rings. The average Bonchev–Trinajstić information content (AvgIpc) is 1.69. The van der Waals surface area contributed by atoms with E-state index in [1.807, 2.05) is 11.8 Å². The van der Waals surface area contributed by atoms with E-state index in [4.69, 9.17) is 54.2 Å². The zero-order valence-corrected chi connectivity index (χ0v) is 51.9. The first-order valence-corrected chi connectivity index (χ1v) is 33.5. The van der Waals surface area contributed by atoms with Crippen molar-refractivity contribution in [2.45, 2.75) is 155 Å². The third-order valence-electron chi connectivity index (χ3n) is 16.0. The maximum Gasteiger partial charge on any atom is 0.472 e. The summed E-state index contributed by atoms with van der Waals surface area (Å²) in [4.78, 5) is 120. The van der Waals surface area contributed by atoms with Crippen molar-refractivity contribution in [1.82, 2.24) is 59.9 Å². The van der Waals surface area contributed by atoms with Crippen molar-refractivity contribution < 1.29 is 95.6 Å². The molecule has 10 rings (SSSR count). The molecule has 4 amide bonds. The number of esters is 1. The van der Waals surface area contributed by atoms with E-state index in [2.05, 4.69) is 46.2 Å². The Bertz CT molecular complexity index is 3690. The largest absolute Gasteiger partial charge is 0.472 e. The number of ether oxygens (including phenoxy) is 4. The standard InChI is InChI=1S/C53H71N15O22P2S/c54-33-14-17-66(52(77)63-33)47-40(73)43(29(20-69)85-47)89-91(79,80)84-22-31-44(41(74)48(87-31)67-18-15-34(55)64-53(67)78)90-92(81,82)83-21-30-42(39(72)49(86-30)68-25-60-38-45(56)58-24-59-46(38)68)88-50(75)27(19-26-9-3-1-4-10-26)61-36(71)13-5-2-8-16-57-35(70)12-7-6-11-32-37-28(23-93-32)62-51(76)65-37/h1,3-4,9-10,14-15,17-18,24-25,27-32,37,39-44,47-49,69,72-74H,2,5-8,11-13,16,19-23H2,(H,57,70)(H,61,71)(H,79,80)(H,81,82)(H2,54,63,77)(H2,55,64,78)(H2,56,58,59)(H2,62,65,76)/t27-,28-,29+,30+,31+,32-,37-,39+,40+,41+,42+,43+,44+,47+,48+,49+/m0/s1/i50+1. The molecule has 4 aromatic heterocycles. The van der Waals surface area contributed by atoms with Gasteiger partial charge < -0.3 is 87.6 Å². The molecular formula is C53H71N15O22P2S. The molecule has 0 aliphatic carbocycles. The van der Waals surface area contributed by atoms with Crippen molar-refractivity contribution >= 4 is 79.8 Å². The zero-order chi connectivity index (χ0) is 66.3. The van der Waals surface area contributed by atoms with E-state index in [1.54, 1.807) is 30.3 Å². The number of thioether (sulfide) groups is 1. The van der Waals surface area contributed by atoms with E-state index < -0.39 is 138 Å². The number of hydrogen-bond acceptors (Lipinski definition) is 29. The molecule has 5 saturated heterocycles. The lowest BCUT2D eigenvalue weighted by atomic mass is 10.0. The van der Waals surface area contributed by atoms with Gasteiger partial charge in [-0.3, -0.25) is 41.4 Å². The number of aromatic nitrogens is 8. The number of carbonyl (C=O) groups is 4. The first-order valence-electron chi connectivity index (χ1n) is 29.5. The fourth-order valence-corrected chi connectivity index (χ4v) is 14.8. The van der Waals surface area contributed by atoms with Crippen molar-refractivity contribution in [3.05, 3.63) is 94.0 Å². The molecule has 93 heavy (non-hydrogen) atoms. The first-order chi connectivity index (χ1) is 44.5. The highest BCUT2D eigenvalue weighted by atomic mass is 32.2. The number of nitrogens with one attached hydrogen (secondary N) is 4. The number of phosphoric ester groups is 2. The highest BCUT2D eigenvalue weighted by Crippen LogP contribution is 2.52. The summed E-state index contributed by atoms with van der Waals surface area (Å²) in [5.74, 6) is -1.33. The van der Waals surface area contributed by atoms with E-state index in [-0.39, 0.29) is 65.5 Å². The van der Waals surface area contributed by atoms with Gasteiger partial charge in [-0.2, -0.15) is 21.7 Å². The van der Waals surface area contributed by atoms with Gasteiger partial charge in [0, 0.05) is 49.2 Å². The average molecular weight is 1370 g/mol. The van der Waals surface area contributed by atoms with Crippen LogP contribution in [0.25, 0.3) is 11.2 Å². The van der Waals surface area contributed by atoms with Crippen molar-refractivity contribution in [2.24, 2.45) is 0 Å². The Morgan fingerprint density at radius 2 is 1.30 bits per heavy atom. The number of hydrogen-bond donors (Lipinski definition) is 13. The predicted molar refractivity (Wildman–Crippen MR) is 321 cm³/mol. The summed E-state index contributed by atoms with van der Waals surface area (Å²) >= 11 is 1.82. The molecule has 40 heteroatoms. The summed E-state index contributed by atoms with van der Waals surface area (Å²) in [7, 11) is -11.1. The predicted octanol–water partition coefficient (Wildman–Crippen LogP) is -2.10. The van der Waals surface area contributed by atoms with Gasteiger partial charge in [0.15, 0.2) is 36.3 Å². The summed E-state index contributed by atoms with van der Waals surface area (Å²) in [6.07, 6.45) is -13.3. The van der Waals surface area contributed by atoms with Crippen LogP contribution >= 0.6 is 27.4 Å². The molecule has 0 bridgehead atoms. The lowest BCUT2D eigenvalue weighted by Gasteiger charge is -2.26. The Morgan fingerprint density at radius 3 is 1.94 bits per heavy atom. The van der Waals surface area contributed by atoms with E-state index in [1.165, 1.54) is 17.0 Å². The number of unbranched alkanes of at least 4 members (excludes halogenated alkanes) is 3. The Morgan fingerprint density at radius 1 is 0.720 bits per heavy atom. The van der Waals surface area contributed by atoms with Crippen LogP contribution in [0.15, 0.2) is 77.1 Å². The number of anilines is 3. The molecule has 37 nitrogen and oxygen atoms in total. The zero-order valence-electron chi connectivity index (χ0n) is 49.3. The van der Waals surface area contributed by atoms with Crippen LogP contribution in [0.5, 0.6) is 0 Å². The van der Waals surface area contributed by atoms with Crippen molar-refractivity contribution in [3.8, 4) is 0 Å². The number of amides is 4. The van der Waals surface area contributed by atoms with Crippen molar-refractivity contribution in [2.75, 3.05) is 49.3 Å². The second kappa shape index (κ2) is 30.1. The summed E-state index contributed by atoms with van der Waals surface area (Å²) in [5, 5.41) is 56.7. The number of nitrogens with two attached hydrogens (primary N) is 3. The maximum absolute atomic E-state index is 14.5. The van der Waals surface area contributed by atoms with Crippen molar-refractivity contribution in [1.29, 1.82) is 0 Å². The minimum atomic E-state index is -5.63. The van der Waals surface area contributed by atoms with Crippen LogP contribution in [0, 0.1) is 0 Å². The van der Waals surface area contributed by atoms with Gasteiger partial charge in [-0.05, 0) is 43.4 Å². The number of nitrogens with zero attached hydrogens (tertiary/aromatic N) is 8. The number of aliphatic hydroxyl groups is 4. The molecule has 16 N–H and O–H groups in total. The van der Waals surface area contributed by atoms with Crippen LogP contribution in [-0.4, -0.2) is 203 Å². The Labute approximate surface area is 531 Å². The topological polar surface area (TPSA) is 537 Å². The summed E-state index contributed by atoms with van der Waals surface area (Å²) < 4.78 is 75.4. The van der Waals surface area contributed by atoms with Gasteiger partial charge in [-0.15, -0.1) is 0 Å². The van der Waals surface area contributed by atoms with Crippen LogP contribution in [0.3, 0.4) is 0 Å². The highest BCUT2D eigenvalue weighted by Gasteiger charge is 2.54. The summed E-state index contributed by atoms with van der Waals surface area (Å²) in [6.45, 7) is -2.77.